The quantitative estimate of drug-likeness (QED) is 0.260. The number of hydrogen-bond acceptors (Lipinski definition) is 4. The molecule has 2 atom stereocenters. The standard InChI is InChI=1S/C31H37Cl2N3O4S/c1-5-22(3)34-31(38)29(19-24-11-8-7-9-12-24)35(20-26-27(32)13-10-14-28(26)33)30(37)21-36(41(4,39)40)25-17-15-23(6-2)16-18-25/h7-18,22,29H,5-6,19-21H2,1-4H3,(H,34,38)/t22-,29+/m0/s1. The maximum absolute atomic E-state index is 14.2. The smallest absolute Gasteiger partial charge is 0.244 e. The fourth-order valence-electron chi connectivity index (χ4n) is 4.36. The Balaban J connectivity index is 2.09. The van der Waals surface area contributed by atoms with Gasteiger partial charge in [0.2, 0.25) is 21.8 Å². The predicted molar refractivity (Wildman–Crippen MR) is 167 cm³/mol. The number of nitrogens with zero attached hydrogens (tertiary/aromatic N) is 2. The van der Waals surface area contributed by atoms with Crippen molar-refractivity contribution in [3.8, 4) is 0 Å². The second kappa shape index (κ2) is 14.7. The van der Waals surface area contributed by atoms with Gasteiger partial charge in [0.05, 0.1) is 11.9 Å². The monoisotopic (exact) mass is 617 g/mol. The average molecular weight is 619 g/mol. The molecular formula is C31H37Cl2N3O4S. The normalized spacial score (nSPS) is 12.8. The summed E-state index contributed by atoms with van der Waals surface area (Å²) in [6, 6.07) is 20.3. The molecule has 0 aliphatic rings. The molecule has 10 heteroatoms. The van der Waals surface area contributed by atoms with E-state index in [0.717, 1.165) is 28.1 Å². The summed E-state index contributed by atoms with van der Waals surface area (Å²) in [5.41, 5.74) is 2.71. The van der Waals surface area contributed by atoms with E-state index in [9.17, 15) is 18.0 Å². The number of carbonyl (C=O) groups excluding carboxylic acids is 2. The van der Waals surface area contributed by atoms with Crippen molar-refractivity contribution in [2.45, 2.75) is 58.7 Å². The highest BCUT2D eigenvalue weighted by Gasteiger charge is 2.34. The van der Waals surface area contributed by atoms with E-state index in [2.05, 4.69) is 5.32 Å². The number of rotatable bonds is 13. The van der Waals surface area contributed by atoms with Gasteiger partial charge < -0.3 is 10.2 Å². The summed E-state index contributed by atoms with van der Waals surface area (Å²) >= 11 is 13.0. The number of anilines is 1. The van der Waals surface area contributed by atoms with Crippen molar-refractivity contribution in [1.29, 1.82) is 0 Å². The summed E-state index contributed by atoms with van der Waals surface area (Å²) in [6.45, 7) is 5.25. The lowest BCUT2D eigenvalue weighted by Crippen LogP contribution is -2.54. The highest BCUT2D eigenvalue weighted by Crippen LogP contribution is 2.28. The molecule has 41 heavy (non-hydrogen) atoms. The summed E-state index contributed by atoms with van der Waals surface area (Å²) in [6.07, 6.45) is 2.75. The Morgan fingerprint density at radius 1 is 0.878 bits per heavy atom. The van der Waals surface area contributed by atoms with Crippen molar-refractivity contribution in [3.05, 3.63) is 99.5 Å². The van der Waals surface area contributed by atoms with E-state index >= 15 is 0 Å². The Bertz CT molecular complexity index is 1410. The van der Waals surface area contributed by atoms with E-state index < -0.39 is 28.5 Å². The predicted octanol–water partition coefficient (Wildman–Crippen LogP) is 5.88. The van der Waals surface area contributed by atoms with Crippen LogP contribution in [0.1, 0.15) is 43.9 Å². The van der Waals surface area contributed by atoms with Gasteiger partial charge in [0.15, 0.2) is 0 Å². The van der Waals surface area contributed by atoms with Gasteiger partial charge in [-0.2, -0.15) is 0 Å². The van der Waals surface area contributed by atoms with Gasteiger partial charge in [-0.05, 0) is 55.2 Å². The van der Waals surface area contributed by atoms with Crippen LogP contribution < -0.4 is 9.62 Å². The van der Waals surface area contributed by atoms with Crippen LogP contribution in [0.2, 0.25) is 10.0 Å². The van der Waals surface area contributed by atoms with Crippen molar-refractivity contribution in [1.82, 2.24) is 10.2 Å². The van der Waals surface area contributed by atoms with Gasteiger partial charge in [0.25, 0.3) is 0 Å². The molecule has 3 aromatic carbocycles. The molecule has 0 fully saturated rings. The van der Waals surface area contributed by atoms with Crippen LogP contribution in [0.4, 0.5) is 5.69 Å². The number of hydrogen-bond donors (Lipinski definition) is 1. The molecule has 0 saturated carbocycles. The third-order valence-electron chi connectivity index (χ3n) is 6.97. The number of aryl methyl sites for hydroxylation is 1. The van der Waals surface area contributed by atoms with Crippen LogP contribution in [0.3, 0.4) is 0 Å². The molecular weight excluding hydrogens is 581 g/mol. The van der Waals surface area contributed by atoms with Crippen molar-refractivity contribution in [2.75, 3.05) is 17.1 Å². The highest BCUT2D eigenvalue weighted by atomic mass is 35.5. The van der Waals surface area contributed by atoms with Crippen molar-refractivity contribution in [3.63, 3.8) is 0 Å². The fourth-order valence-corrected chi connectivity index (χ4v) is 5.73. The summed E-state index contributed by atoms with van der Waals surface area (Å²) in [5.74, 6) is -0.913. The lowest BCUT2D eigenvalue weighted by atomic mass is 10.0. The minimum Gasteiger partial charge on any atom is -0.352 e. The minimum absolute atomic E-state index is 0.0882. The molecule has 0 spiro atoms. The lowest BCUT2D eigenvalue weighted by molar-refractivity contribution is -0.140. The first-order valence-corrected chi connectivity index (χ1v) is 16.2. The molecule has 0 radical (unpaired) electrons. The van der Waals surface area contributed by atoms with E-state index in [4.69, 9.17) is 23.2 Å². The number of carbonyl (C=O) groups is 2. The third kappa shape index (κ3) is 8.96. The van der Waals surface area contributed by atoms with Gasteiger partial charge in [-0.1, -0.05) is 85.6 Å². The molecule has 0 unspecified atom stereocenters. The van der Waals surface area contributed by atoms with Gasteiger partial charge >= 0.3 is 0 Å². The lowest BCUT2D eigenvalue weighted by Gasteiger charge is -2.34. The molecule has 0 heterocycles. The molecule has 7 nitrogen and oxygen atoms in total. The van der Waals surface area contributed by atoms with Gasteiger partial charge in [-0.25, -0.2) is 8.42 Å². The number of nitrogens with one attached hydrogen (secondary N) is 1. The fraction of sp³-hybridized carbons (Fsp3) is 0.355. The van der Waals surface area contributed by atoms with Gasteiger partial charge in [-0.15, -0.1) is 0 Å². The van der Waals surface area contributed by atoms with Crippen LogP contribution >= 0.6 is 23.2 Å². The average Bonchev–Trinajstić information content (AvgIpc) is 2.94. The Morgan fingerprint density at radius 3 is 2.02 bits per heavy atom. The van der Waals surface area contributed by atoms with E-state index in [0.29, 0.717) is 27.7 Å². The minimum atomic E-state index is -3.85. The SMILES string of the molecule is CCc1ccc(N(CC(=O)N(Cc2c(Cl)cccc2Cl)[C@H](Cc2ccccc2)C(=O)N[C@@H](C)CC)S(C)(=O)=O)cc1. The van der Waals surface area contributed by atoms with Crippen LogP contribution in [0, 0.1) is 0 Å². The molecule has 1 N–H and O–H groups in total. The van der Waals surface area contributed by atoms with E-state index in [-0.39, 0.29) is 24.9 Å². The zero-order chi connectivity index (χ0) is 30.2. The molecule has 0 aliphatic heterocycles. The Hall–Kier alpha value is -3.07. The first-order valence-electron chi connectivity index (χ1n) is 13.6. The topological polar surface area (TPSA) is 86.8 Å². The molecule has 0 aliphatic carbocycles. The van der Waals surface area contributed by atoms with Crippen LogP contribution in [0.15, 0.2) is 72.8 Å². The number of sulfonamides is 1. The number of benzene rings is 3. The highest BCUT2D eigenvalue weighted by molar-refractivity contribution is 7.92. The van der Waals surface area contributed by atoms with Crippen LogP contribution in [-0.2, 0) is 39.0 Å². The summed E-state index contributed by atoms with van der Waals surface area (Å²) < 4.78 is 26.9. The van der Waals surface area contributed by atoms with Crippen molar-refractivity contribution < 1.29 is 18.0 Å². The number of amides is 2. The summed E-state index contributed by atoms with van der Waals surface area (Å²) in [7, 11) is -3.85. The Morgan fingerprint density at radius 2 is 1.49 bits per heavy atom. The molecule has 0 bridgehead atoms. The van der Waals surface area contributed by atoms with Crippen molar-refractivity contribution in [2.24, 2.45) is 0 Å². The number of halogens is 2. The first-order chi connectivity index (χ1) is 19.4. The van der Waals surface area contributed by atoms with Crippen LogP contribution in [0.5, 0.6) is 0 Å². The van der Waals surface area contributed by atoms with E-state index in [1.54, 1.807) is 30.3 Å². The van der Waals surface area contributed by atoms with E-state index in [1.165, 1.54) is 4.90 Å². The largest absolute Gasteiger partial charge is 0.352 e. The molecule has 0 aromatic heterocycles. The molecule has 220 valence electrons. The summed E-state index contributed by atoms with van der Waals surface area (Å²) in [5, 5.41) is 3.68. The van der Waals surface area contributed by atoms with Crippen LogP contribution in [0.25, 0.3) is 0 Å². The van der Waals surface area contributed by atoms with Crippen LogP contribution in [-0.4, -0.2) is 50.0 Å². The third-order valence-corrected chi connectivity index (χ3v) is 8.82. The van der Waals surface area contributed by atoms with Gasteiger partial charge in [0, 0.05) is 34.6 Å². The van der Waals surface area contributed by atoms with Crippen molar-refractivity contribution >= 4 is 50.7 Å². The zero-order valence-corrected chi connectivity index (χ0v) is 26.1. The Labute approximate surface area is 253 Å². The summed E-state index contributed by atoms with van der Waals surface area (Å²) in [4.78, 5) is 29.3. The maximum Gasteiger partial charge on any atom is 0.244 e. The molecule has 3 rings (SSSR count). The molecule has 0 saturated heterocycles. The maximum atomic E-state index is 14.2. The zero-order valence-electron chi connectivity index (χ0n) is 23.8. The van der Waals surface area contributed by atoms with Gasteiger partial charge in [-0.3, -0.25) is 13.9 Å². The van der Waals surface area contributed by atoms with E-state index in [1.807, 2.05) is 63.2 Å². The molecule has 2 amide bonds. The Kier molecular flexibility index (Phi) is 11.6. The molecule has 3 aromatic rings. The second-order valence-corrected chi connectivity index (χ2v) is 12.8. The van der Waals surface area contributed by atoms with Gasteiger partial charge in [0.1, 0.15) is 12.6 Å². The second-order valence-electron chi connectivity index (χ2n) is 10.0. The first kappa shape index (κ1) is 32.4.